The van der Waals surface area contributed by atoms with Gasteiger partial charge in [0.05, 0.1) is 0 Å². The number of piperazine rings is 1. The van der Waals surface area contributed by atoms with E-state index >= 15 is 0 Å². The second-order valence-corrected chi connectivity index (χ2v) is 5.83. The van der Waals surface area contributed by atoms with Crippen molar-refractivity contribution >= 4 is 29.9 Å². The van der Waals surface area contributed by atoms with E-state index in [9.17, 15) is 13.2 Å². The van der Waals surface area contributed by atoms with E-state index in [4.69, 9.17) is 0 Å². The Balaban J connectivity index is 0.00000312. The van der Waals surface area contributed by atoms with Crippen LogP contribution in [0.25, 0.3) is 0 Å². The van der Waals surface area contributed by atoms with Crippen molar-refractivity contribution in [1.29, 1.82) is 0 Å². The molecule has 1 aromatic rings. The van der Waals surface area contributed by atoms with Crippen LogP contribution in [0.3, 0.4) is 0 Å². The summed E-state index contributed by atoms with van der Waals surface area (Å²) in [4.78, 5) is 11.8. The van der Waals surface area contributed by atoms with Crippen LogP contribution in [0.5, 0.6) is 0 Å². The van der Waals surface area contributed by atoms with Gasteiger partial charge in [-0.1, -0.05) is 6.07 Å². The van der Waals surface area contributed by atoms with Crippen molar-refractivity contribution in [3.8, 4) is 0 Å². The molecule has 1 aliphatic rings. The molecule has 0 aromatic carbocycles. The maximum atomic E-state index is 12.8. The fourth-order valence-electron chi connectivity index (χ4n) is 2.72. The highest BCUT2D eigenvalue weighted by Crippen LogP contribution is 2.25. The first-order chi connectivity index (χ1) is 11.4. The van der Waals surface area contributed by atoms with Crippen molar-refractivity contribution in [2.75, 3.05) is 39.8 Å². The zero-order chi connectivity index (χ0) is 17.6. The predicted octanol–water partition coefficient (Wildman–Crippen LogP) is 2.39. The molecule has 1 saturated heterocycles. The molecule has 1 N–H and O–H groups in total. The summed E-state index contributed by atoms with van der Waals surface area (Å²) in [6.07, 6.45) is 0.197. The van der Waals surface area contributed by atoms with Gasteiger partial charge in [-0.2, -0.15) is 13.2 Å². The molecule has 0 radical (unpaired) electrons. The molecule has 25 heavy (non-hydrogen) atoms. The van der Waals surface area contributed by atoms with Crippen LogP contribution in [0.1, 0.15) is 12.5 Å². The summed E-state index contributed by atoms with van der Waals surface area (Å²) in [5.74, 6) is 0.734. The number of alkyl halides is 3. The average Bonchev–Trinajstić information content (AvgIpc) is 2.58. The van der Waals surface area contributed by atoms with E-state index in [2.05, 4.69) is 15.3 Å². The van der Waals surface area contributed by atoms with Crippen molar-refractivity contribution in [1.82, 2.24) is 20.1 Å². The first-order valence-corrected chi connectivity index (χ1v) is 8.07. The van der Waals surface area contributed by atoms with Gasteiger partial charge in [0.1, 0.15) is 6.04 Å². The second-order valence-electron chi connectivity index (χ2n) is 5.83. The van der Waals surface area contributed by atoms with Gasteiger partial charge >= 0.3 is 6.18 Å². The molecule has 2 rings (SSSR count). The average molecular weight is 471 g/mol. The molecule has 0 aliphatic carbocycles. The number of rotatable bonds is 4. The molecule has 5 nitrogen and oxygen atoms in total. The van der Waals surface area contributed by atoms with Crippen LogP contribution >= 0.6 is 24.0 Å². The summed E-state index contributed by atoms with van der Waals surface area (Å²) in [5, 5.41) is 3.27. The number of nitrogens with one attached hydrogen (secondary N) is 1. The summed E-state index contributed by atoms with van der Waals surface area (Å²) < 4.78 is 38.4. The molecule has 2 heterocycles. The number of nitrogens with zero attached hydrogens (tertiary/aromatic N) is 4. The summed E-state index contributed by atoms with van der Waals surface area (Å²) in [6.45, 7) is 3.75. The van der Waals surface area contributed by atoms with Gasteiger partial charge in [0.15, 0.2) is 5.96 Å². The highest BCUT2D eigenvalue weighted by molar-refractivity contribution is 14.0. The molecule has 1 atom stereocenters. The zero-order valence-electron chi connectivity index (χ0n) is 14.5. The summed E-state index contributed by atoms with van der Waals surface area (Å²) in [7, 11) is 1.69. The Bertz CT molecular complexity index is 530. The van der Waals surface area contributed by atoms with Gasteiger partial charge in [0, 0.05) is 52.2 Å². The van der Waals surface area contributed by atoms with E-state index < -0.39 is 12.2 Å². The number of guanidine groups is 1. The van der Waals surface area contributed by atoms with Gasteiger partial charge in [-0.05, 0) is 25.0 Å². The van der Waals surface area contributed by atoms with Crippen LogP contribution in [-0.2, 0) is 6.42 Å². The Hall–Kier alpha value is -1.10. The van der Waals surface area contributed by atoms with E-state index in [-0.39, 0.29) is 24.0 Å². The first kappa shape index (κ1) is 21.9. The molecule has 1 unspecified atom stereocenters. The molecule has 1 aliphatic heterocycles. The Morgan fingerprint density at radius 3 is 2.52 bits per heavy atom. The Kier molecular flexibility index (Phi) is 8.91. The van der Waals surface area contributed by atoms with E-state index in [0.717, 1.165) is 17.9 Å². The minimum atomic E-state index is -4.17. The van der Waals surface area contributed by atoms with Gasteiger partial charge in [0.2, 0.25) is 0 Å². The number of hydrogen-bond donors (Lipinski definition) is 1. The van der Waals surface area contributed by atoms with Gasteiger partial charge < -0.3 is 10.2 Å². The molecular formula is C16H25F3IN5. The monoisotopic (exact) mass is 471 g/mol. The standard InChI is InChI=1S/C16H24F3N5.HI/c1-13(16(17,18)19)23-8-10-24(11-9-23)15(20-2)22-7-5-14-4-3-6-21-12-14;/h3-4,6,12-13H,5,7-11H2,1-2H3,(H,20,22);1H. The smallest absolute Gasteiger partial charge is 0.356 e. The molecule has 0 amide bonds. The lowest BCUT2D eigenvalue weighted by Crippen LogP contribution is -2.56. The molecule has 0 saturated carbocycles. The lowest BCUT2D eigenvalue weighted by Gasteiger charge is -2.39. The first-order valence-electron chi connectivity index (χ1n) is 8.07. The molecule has 1 fully saturated rings. The largest absolute Gasteiger partial charge is 0.403 e. The lowest BCUT2D eigenvalue weighted by molar-refractivity contribution is -0.181. The third kappa shape index (κ3) is 6.61. The van der Waals surface area contributed by atoms with E-state index in [0.29, 0.717) is 32.7 Å². The third-order valence-corrected chi connectivity index (χ3v) is 4.27. The lowest BCUT2D eigenvalue weighted by atomic mass is 10.2. The second kappa shape index (κ2) is 10.1. The quantitative estimate of drug-likeness (QED) is 0.416. The molecule has 0 spiro atoms. The fraction of sp³-hybridized carbons (Fsp3) is 0.625. The van der Waals surface area contributed by atoms with Crippen molar-refractivity contribution in [3.05, 3.63) is 30.1 Å². The maximum absolute atomic E-state index is 12.8. The van der Waals surface area contributed by atoms with Crippen molar-refractivity contribution in [3.63, 3.8) is 0 Å². The van der Waals surface area contributed by atoms with E-state index in [1.54, 1.807) is 13.2 Å². The molecule has 0 bridgehead atoms. The number of aliphatic imine (C=N–C) groups is 1. The number of pyridine rings is 1. The number of hydrogen-bond acceptors (Lipinski definition) is 3. The van der Waals surface area contributed by atoms with Crippen LogP contribution < -0.4 is 5.32 Å². The van der Waals surface area contributed by atoms with Crippen LogP contribution in [0, 0.1) is 0 Å². The molecule has 142 valence electrons. The molecular weight excluding hydrogens is 446 g/mol. The number of halogens is 4. The topological polar surface area (TPSA) is 43.8 Å². The Morgan fingerprint density at radius 1 is 1.32 bits per heavy atom. The fourth-order valence-corrected chi connectivity index (χ4v) is 2.72. The summed E-state index contributed by atoms with van der Waals surface area (Å²) >= 11 is 0. The van der Waals surface area contributed by atoms with Crippen LogP contribution in [0.15, 0.2) is 29.5 Å². The molecule has 1 aromatic heterocycles. The highest BCUT2D eigenvalue weighted by atomic mass is 127. The Morgan fingerprint density at radius 2 is 2.00 bits per heavy atom. The zero-order valence-corrected chi connectivity index (χ0v) is 16.8. The van der Waals surface area contributed by atoms with E-state index in [1.165, 1.54) is 11.8 Å². The van der Waals surface area contributed by atoms with Crippen molar-refractivity contribution in [2.45, 2.75) is 25.6 Å². The van der Waals surface area contributed by atoms with Crippen LogP contribution in [-0.4, -0.2) is 72.7 Å². The number of aromatic nitrogens is 1. The minimum Gasteiger partial charge on any atom is -0.356 e. The van der Waals surface area contributed by atoms with Crippen molar-refractivity contribution in [2.24, 2.45) is 4.99 Å². The Labute approximate surface area is 163 Å². The van der Waals surface area contributed by atoms with E-state index in [1.807, 2.05) is 23.2 Å². The SMILES string of the molecule is CN=C(NCCc1cccnc1)N1CCN(C(C)C(F)(F)F)CC1.I. The minimum absolute atomic E-state index is 0. The summed E-state index contributed by atoms with van der Waals surface area (Å²) in [5.41, 5.74) is 1.13. The summed E-state index contributed by atoms with van der Waals surface area (Å²) in [6, 6.07) is 2.50. The van der Waals surface area contributed by atoms with Gasteiger partial charge in [-0.15, -0.1) is 24.0 Å². The van der Waals surface area contributed by atoms with Crippen LogP contribution in [0.2, 0.25) is 0 Å². The molecule has 9 heteroatoms. The predicted molar refractivity (Wildman–Crippen MR) is 103 cm³/mol. The van der Waals surface area contributed by atoms with Gasteiger partial charge in [-0.25, -0.2) is 0 Å². The van der Waals surface area contributed by atoms with Gasteiger partial charge in [0.25, 0.3) is 0 Å². The van der Waals surface area contributed by atoms with Gasteiger partial charge in [-0.3, -0.25) is 14.9 Å². The van der Waals surface area contributed by atoms with Crippen molar-refractivity contribution < 1.29 is 13.2 Å². The third-order valence-electron chi connectivity index (χ3n) is 4.27. The normalized spacial score (nSPS) is 17.8. The van der Waals surface area contributed by atoms with Crippen LogP contribution in [0.4, 0.5) is 13.2 Å². The highest BCUT2D eigenvalue weighted by Gasteiger charge is 2.41. The maximum Gasteiger partial charge on any atom is 0.403 e.